The Morgan fingerprint density at radius 2 is 1.78 bits per heavy atom. The molecule has 2 N–H and O–H groups in total. The molecule has 0 aliphatic carbocycles. The van der Waals surface area contributed by atoms with Gasteiger partial charge < -0.3 is 0 Å². The van der Waals surface area contributed by atoms with E-state index in [1.165, 1.54) is 0 Å². The van der Waals surface area contributed by atoms with E-state index in [-0.39, 0.29) is 0 Å². The zero-order valence-corrected chi connectivity index (χ0v) is 4.82. The number of benzene rings is 1. The normalized spacial score (nSPS) is 8.89. The summed E-state index contributed by atoms with van der Waals surface area (Å²) in [6.07, 6.45) is 0. The molecule has 0 spiro atoms. The molecule has 0 unspecified atom stereocenters. The van der Waals surface area contributed by atoms with Crippen molar-refractivity contribution < 1.29 is 4.87 Å². The molecule has 3 nitrogen and oxygen atoms in total. The van der Waals surface area contributed by atoms with Crippen LogP contribution in [0.3, 0.4) is 0 Å². The molecule has 0 radical (unpaired) electrons. The number of nitrogens with two attached hydrogens (primary N) is 1. The van der Waals surface area contributed by atoms with E-state index in [2.05, 4.69) is 0 Å². The Morgan fingerprint density at radius 3 is 2.11 bits per heavy atom. The van der Waals surface area contributed by atoms with Gasteiger partial charge in [0, 0.05) is 12.1 Å². The summed E-state index contributed by atoms with van der Waals surface area (Å²) in [6, 6.07) is 8.63. The van der Waals surface area contributed by atoms with Crippen molar-refractivity contribution in [3.8, 4) is 0 Å². The minimum atomic E-state index is 0.333. The third-order valence-corrected chi connectivity index (χ3v) is 1.01. The Labute approximate surface area is 52.6 Å². The lowest BCUT2D eigenvalue weighted by molar-refractivity contribution is -0.474. The summed E-state index contributed by atoms with van der Waals surface area (Å²) in [6.45, 7) is 0. The molecule has 0 atom stereocenters. The van der Waals surface area contributed by atoms with Gasteiger partial charge >= 0.3 is 0 Å². The molecule has 0 aliphatic rings. The summed E-state index contributed by atoms with van der Waals surface area (Å²) in [5.41, 5.74) is 0.470. The standard InChI is InChI=1S/C6H7N2O/c7-8(9)6-4-2-1-3-5-6/h1-5H,(H2,7,9)/q+1. The highest BCUT2D eigenvalue weighted by atomic mass is 16.3. The first kappa shape index (κ1) is 5.75. The fourth-order valence-corrected chi connectivity index (χ4v) is 0.575. The molecule has 1 aromatic rings. The number of hydrogen-bond donors (Lipinski definition) is 1. The van der Waals surface area contributed by atoms with Crippen LogP contribution in [-0.4, -0.2) is 4.87 Å². The SMILES string of the molecule is N[N+](=O)c1ccccc1. The minimum absolute atomic E-state index is 0.333. The van der Waals surface area contributed by atoms with Gasteiger partial charge in [-0.1, -0.05) is 18.2 Å². The summed E-state index contributed by atoms with van der Waals surface area (Å²) in [7, 11) is 0. The molecule has 0 aromatic heterocycles. The highest BCUT2D eigenvalue weighted by Crippen LogP contribution is 2.04. The van der Waals surface area contributed by atoms with Crippen molar-refractivity contribution in [3.05, 3.63) is 35.2 Å². The molecule has 0 aliphatic heterocycles. The van der Waals surface area contributed by atoms with Gasteiger partial charge in [0.2, 0.25) is 0 Å². The van der Waals surface area contributed by atoms with Gasteiger partial charge in [-0.25, -0.2) is 0 Å². The summed E-state index contributed by atoms with van der Waals surface area (Å²) < 4.78 is 0. The second-order valence-electron chi connectivity index (χ2n) is 1.66. The fourth-order valence-electron chi connectivity index (χ4n) is 0.575. The lowest BCUT2D eigenvalue weighted by atomic mass is 10.3. The lowest BCUT2D eigenvalue weighted by Crippen LogP contribution is -2.08. The van der Waals surface area contributed by atoms with E-state index in [9.17, 15) is 4.91 Å². The highest BCUT2D eigenvalue weighted by Gasteiger charge is 2.03. The molecule has 1 aromatic carbocycles. The highest BCUT2D eigenvalue weighted by molar-refractivity contribution is 5.27. The van der Waals surface area contributed by atoms with E-state index in [1.54, 1.807) is 24.3 Å². The summed E-state index contributed by atoms with van der Waals surface area (Å²) in [5.74, 6) is 4.89. The number of hydrazine groups is 1. The monoisotopic (exact) mass is 123 g/mol. The first-order chi connectivity index (χ1) is 4.30. The molecule has 0 heterocycles. The van der Waals surface area contributed by atoms with Crippen molar-refractivity contribution in [1.82, 2.24) is 0 Å². The van der Waals surface area contributed by atoms with Gasteiger partial charge in [-0.15, -0.1) is 0 Å². The van der Waals surface area contributed by atoms with Gasteiger partial charge in [0.25, 0.3) is 5.69 Å². The molecular formula is C6H7N2O+. The number of rotatable bonds is 1. The van der Waals surface area contributed by atoms with Crippen LogP contribution in [0, 0.1) is 4.91 Å². The molecule has 46 valence electrons. The number of hydrogen-bond acceptors (Lipinski definition) is 1. The van der Waals surface area contributed by atoms with Gasteiger partial charge in [-0.2, -0.15) is 5.84 Å². The van der Waals surface area contributed by atoms with Gasteiger partial charge in [-0.3, -0.25) is 0 Å². The smallest absolute Gasteiger partial charge is 0.159 e. The third kappa shape index (κ3) is 1.25. The fraction of sp³-hybridized carbons (Fsp3) is 0. The van der Waals surface area contributed by atoms with Gasteiger partial charge in [-0.05, 0) is 0 Å². The Kier molecular flexibility index (Phi) is 1.44. The van der Waals surface area contributed by atoms with Crippen LogP contribution in [0.25, 0.3) is 0 Å². The summed E-state index contributed by atoms with van der Waals surface area (Å²) in [4.78, 5) is 10.7. The quantitative estimate of drug-likeness (QED) is 0.343. The van der Waals surface area contributed by atoms with Crippen molar-refractivity contribution in [2.75, 3.05) is 0 Å². The molecule has 9 heavy (non-hydrogen) atoms. The molecule has 0 amide bonds. The molecule has 0 bridgehead atoms. The predicted molar refractivity (Wildman–Crippen MR) is 33.9 cm³/mol. The number of nitroso groups, excluding NO2 is 1. The average Bonchev–Trinajstić information content (AvgIpc) is 1.90. The molecule has 0 fully saturated rings. The summed E-state index contributed by atoms with van der Waals surface area (Å²) in [5, 5.41) is 0. The van der Waals surface area contributed by atoms with E-state index in [1.807, 2.05) is 6.07 Å². The Bertz CT molecular complexity index is 208. The lowest BCUT2D eigenvalue weighted by Gasteiger charge is -1.80. The van der Waals surface area contributed by atoms with E-state index in [0.717, 1.165) is 0 Å². The second kappa shape index (κ2) is 2.26. The molecule has 0 saturated carbocycles. The van der Waals surface area contributed by atoms with Crippen molar-refractivity contribution >= 4 is 5.69 Å². The van der Waals surface area contributed by atoms with Gasteiger partial charge in [0.05, 0.1) is 4.91 Å². The Hall–Kier alpha value is -1.38. The van der Waals surface area contributed by atoms with E-state index in [0.29, 0.717) is 10.6 Å². The van der Waals surface area contributed by atoms with Crippen LogP contribution in [0.4, 0.5) is 5.69 Å². The van der Waals surface area contributed by atoms with E-state index >= 15 is 0 Å². The molecular weight excluding hydrogens is 116 g/mol. The first-order valence-electron chi connectivity index (χ1n) is 2.58. The van der Waals surface area contributed by atoms with Crippen molar-refractivity contribution in [1.29, 1.82) is 0 Å². The largest absolute Gasteiger partial charge is 0.291 e. The van der Waals surface area contributed by atoms with Crippen LogP contribution in [0.15, 0.2) is 30.3 Å². The molecule has 1 rings (SSSR count). The Morgan fingerprint density at radius 1 is 1.22 bits per heavy atom. The predicted octanol–water partition coefficient (Wildman–Crippen LogP) is 0.971. The van der Waals surface area contributed by atoms with E-state index in [4.69, 9.17) is 5.84 Å². The second-order valence-corrected chi connectivity index (χ2v) is 1.66. The number of para-hydroxylation sites is 1. The zero-order chi connectivity index (χ0) is 6.69. The maximum Gasteiger partial charge on any atom is 0.291 e. The maximum absolute atomic E-state index is 10.3. The zero-order valence-electron chi connectivity index (χ0n) is 4.82. The van der Waals surface area contributed by atoms with Crippen LogP contribution < -0.4 is 5.84 Å². The Balaban J connectivity index is 2.98. The maximum atomic E-state index is 10.3. The van der Waals surface area contributed by atoms with Gasteiger partial charge in [0.15, 0.2) is 4.87 Å². The summed E-state index contributed by atoms with van der Waals surface area (Å²) >= 11 is 0. The van der Waals surface area contributed by atoms with Crippen LogP contribution in [0.1, 0.15) is 0 Å². The van der Waals surface area contributed by atoms with E-state index < -0.39 is 0 Å². The first-order valence-corrected chi connectivity index (χ1v) is 2.58. The molecule has 0 saturated heterocycles. The minimum Gasteiger partial charge on any atom is -0.159 e. The third-order valence-electron chi connectivity index (χ3n) is 1.01. The van der Waals surface area contributed by atoms with Crippen molar-refractivity contribution in [2.45, 2.75) is 0 Å². The number of nitrogens with zero attached hydrogens (tertiary/aromatic N) is 1. The van der Waals surface area contributed by atoms with Crippen molar-refractivity contribution in [2.24, 2.45) is 5.84 Å². The average molecular weight is 123 g/mol. The van der Waals surface area contributed by atoms with Crippen LogP contribution in [0.5, 0.6) is 0 Å². The topological polar surface area (TPSA) is 46.1 Å². The van der Waals surface area contributed by atoms with Crippen molar-refractivity contribution in [3.63, 3.8) is 0 Å². The van der Waals surface area contributed by atoms with Gasteiger partial charge in [0.1, 0.15) is 0 Å². The molecule has 3 heteroatoms. The van der Waals surface area contributed by atoms with Crippen LogP contribution >= 0.6 is 0 Å². The van der Waals surface area contributed by atoms with Crippen LogP contribution in [-0.2, 0) is 0 Å². The van der Waals surface area contributed by atoms with Crippen LogP contribution in [0.2, 0.25) is 0 Å².